The topological polar surface area (TPSA) is 67.6 Å². The van der Waals surface area contributed by atoms with Gasteiger partial charge < -0.3 is 10.7 Å². The Hall–Kier alpha value is -2.36. The minimum atomic E-state index is 0.734. The summed E-state index contributed by atoms with van der Waals surface area (Å²) in [6, 6.07) is 7.86. The number of benzene rings is 1. The molecule has 0 aliphatic carbocycles. The highest BCUT2D eigenvalue weighted by Crippen LogP contribution is 2.25. The number of aromatic nitrogens is 3. The molecule has 90 valence electrons. The third-order valence-corrected chi connectivity index (χ3v) is 2.99. The van der Waals surface area contributed by atoms with Gasteiger partial charge in [-0.15, -0.1) is 0 Å². The molecule has 4 heteroatoms. The van der Waals surface area contributed by atoms with Crippen LogP contribution in [-0.4, -0.2) is 15.0 Å². The molecule has 0 bridgehead atoms. The summed E-state index contributed by atoms with van der Waals surface area (Å²) in [7, 11) is 0. The first kappa shape index (κ1) is 10.8. The molecule has 3 rings (SSSR count). The van der Waals surface area contributed by atoms with Crippen molar-refractivity contribution in [1.29, 1.82) is 0 Å². The Balaban J connectivity index is 2.22. The summed E-state index contributed by atoms with van der Waals surface area (Å²) in [6.45, 7) is 4.05. The van der Waals surface area contributed by atoms with Gasteiger partial charge >= 0.3 is 0 Å². The van der Waals surface area contributed by atoms with Crippen LogP contribution in [0.15, 0.2) is 30.5 Å². The van der Waals surface area contributed by atoms with Crippen LogP contribution < -0.4 is 5.73 Å². The van der Waals surface area contributed by atoms with Gasteiger partial charge in [-0.3, -0.25) is 0 Å². The van der Waals surface area contributed by atoms with Crippen LogP contribution in [0.4, 0.5) is 5.69 Å². The van der Waals surface area contributed by atoms with Gasteiger partial charge in [-0.05, 0) is 43.2 Å². The summed E-state index contributed by atoms with van der Waals surface area (Å²) in [4.78, 5) is 12.1. The van der Waals surface area contributed by atoms with Crippen LogP contribution in [0, 0.1) is 13.8 Å². The van der Waals surface area contributed by atoms with Crippen molar-refractivity contribution in [1.82, 2.24) is 15.0 Å². The van der Waals surface area contributed by atoms with Gasteiger partial charge in [0.05, 0.1) is 5.52 Å². The standard InChI is InChI=1S/C14H14N4/c1-8-5-12-14(16-7-8)18-13(17-12)11-6-10(15)4-3-9(11)2/h3-7H,15H2,1-2H3,(H,16,17,18). The highest BCUT2D eigenvalue weighted by Gasteiger charge is 2.09. The maximum absolute atomic E-state index is 5.83. The number of pyridine rings is 1. The van der Waals surface area contributed by atoms with E-state index in [1.807, 2.05) is 44.3 Å². The van der Waals surface area contributed by atoms with E-state index < -0.39 is 0 Å². The molecule has 0 atom stereocenters. The highest BCUT2D eigenvalue weighted by atomic mass is 15.0. The van der Waals surface area contributed by atoms with Crippen LogP contribution in [0.3, 0.4) is 0 Å². The van der Waals surface area contributed by atoms with E-state index in [9.17, 15) is 0 Å². The van der Waals surface area contributed by atoms with Crippen molar-refractivity contribution in [3.63, 3.8) is 0 Å². The van der Waals surface area contributed by atoms with Crippen LogP contribution in [0.1, 0.15) is 11.1 Å². The minimum Gasteiger partial charge on any atom is -0.399 e. The van der Waals surface area contributed by atoms with Crippen molar-refractivity contribution < 1.29 is 0 Å². The van der Waals surface area contributed by atoms with Crippen LogP contribution in [0.2, 0.25) is 0 Å². The molecule has 1 aromatic carbocycles. The van der Waals surface area contributed by atoms with Crippen molar-refractivity contribution in [2.45, 2.75) is 13.8 Å². The van der Waals surface area contributed by atoms with Gasteiger partial charge in [0.2, 0.25) is 0 Å². The Labute approximate surface area is 105 Å². The van der Waals surface area contributed by atoms with Gasteiger partial charge in [0.25, 0.3) is 0 Å². The first-order chi connectivity index (χ1) is 8.63. The van der Waals surface area contributed by atoms with Crippen LogP contribution in [0.5, 0.6) is 0 Å². The zero-order valence-corrected chi connectivity index (χ0v) is 10.4. The molecule has 0 spiro atoms. The number of aromatic amines is 1. The van der Waals surface area contributed by atoms with E-state index in [2.05, 4.69) is 15.0 Å². The van der Waals surface area contributed by atoms with Gasteiger partial charge in [0, 0.05) is 17.4 Å². The predicted molar refractivity (Wildman–Crippen MR) is 73.2 cm³/mol. The molecule has 0 saturated heterocycles. The van der Waals surface area contributed by atoms with Crippen LogP contribution in [-0.2, 0) is 0 Å². The summed E-state index contributed by atoms with van der Waals surface area (Å²) < 4.78 is 0. The quantitative estimate of drug-likeness (QED) is 0.640. The first-order valence-electron chi connectivity index (χ1n) is 5.82. The molecule has 0 amide bonds. The Morgan fingerprint density at radius 3 is 2.83 bits per heavy atom. The summed E-state index contributed by atoms with van der Waals surface area (Å²) in [5.41, 5.74) is 11.5. The van der Waals surface area contributed by atoms with Crippen molar-refractivity contribution in [3.8, 4) is 11.4 Å². The lowest BCUT2D eigenvalue weighted by Crippen LogP contribution is -1.90. The molecule has 3 aromatic rings. The average Bonchev–Trinajstić information content (AvgIpc) is 2.74. The normalized spacial score (nSPS) is 11.0. The van der Waals surface area contributed by atoms with Crippen molar-refractivity contribution in [2.75, 3.05) is 5.73 Å². The van der Waals surface area contributed by atoms with Crippen LogP contribution in [0.25, 0.3) is 22.6 Å². The van der Waals surface area contributed by atoms with E-state index in [4.69, 9.17) is 5.73 Å². The molecule has 2 heterocycles. The van der Waals surface area contributed by atoms with Gasteiger partial charge in [-0.2, -0.15) is 0 Å². The number of imidazole rings is 1. The number of nitrogens with one attached hydrogen (secondary N) is 1. The second-order valence-corrected chi connectivity index (χ2v) is 4.54. The van der Waals surface area contributed by atoms with Gasteiger partial charge in [0.15, 0.2) is 5.65 Å². The molecule has 0 aliphatic rings. The molecule has 0 saturated carbocycles. The molecule has 0 radical (unpaired) electrons. The number of hydrogen-bond acceptors (Lipinski definition) is 3. The SMILES string of the molecule is Cc1cnc2nc(-c3cc(N)ccc3C)[nH]c2c1. The largest absolute Gasteiger partial charge is 0.399 e. The van der Waals surface area contributed by atoms with Crippen LogP contribution >= 0.6 is 0 Å². The molecule has 2 aromatic heterocycles. The second kappa shape index (κ2) is 3.84. The number of hydrogen-bond donors (Lipinski definition) is 2. The Bertz CT molecular complexity index is 728. The molecular formula is C14H14N4. The summed E-state index contributed by atoms with van der Waals surface area (Å²) in [5, 5.41) is 0. The number of rotatable bonds is 1. The number of nitrogen functional groups attached to an aromatic ring is 1. The number of anilines is 1. The smallest absolute Gasteiger partial charge is 0.178 e. The number of H-pyrrole nitrogens is 1. The zero-order chi connectivity index (χ0) is 12.7. The Morgan fingerprint density at radius 1 is 1.17 bits per heavy atom. The van der Waals surface area contributed by atoms with E-state index in [1.165, 1.54) is 0 Å². The van der Waals surface area contributed by atoms with E-state index in [0.717, 1.165) is 39.4 Å². The fourth-order valence-electron chi connectivity index (χ4n) is 2.03. The first-order valence-corrected chi connectivity index (χ1v) is 5.82. The molecule has 18 heavy (non-hydrogen) atoms. The van der Waals surface area contributed by atoms with E-state index in [1.54, 1.807) is 0 Å². The lowest BCUT2D eigenvalue weighted by molar-refractivity contribution is 1.27. The molecule has 4 nitrogen and oxygen atoms in total. The molecule has 3 N–H and O–H groups in total. The molecule has 0 fully saturated rings. The predicted octanol–water partition coefficient (Wildman–Crippen LogP) is 2.82. The maximum Gasteiger partial charge on any atom is 0.178 e. The van der Waals surface area contributed by atoms with E-state index >= 15 is 0 Å². The monoisotopic (exact) mass is 238 g/mol. The fraction of sp³-hybridized carbons (Fsp3) is 0.143. The van der Waals surface area contributed by atoms with E-state index in [0.29, 0.717) is 0 Å². The number of aryl methyl sites for hydroxylation is 2. The molecule has 0 unspecified atom stereocenters. The van der Waals surface area contributed by atoms with Crippen molar-refractivity contribution >= 4 is 16.9 Å². The second-order valence-electron chi connectivity index (χ2n) is 4.54. The van der Waals surface area contributed by atoms with E-state index in [-0.39, 0.29) is 0 Å². The van der Waals surface area contributed by atoms with Gasteiger partial charge in [0.1, 0.15) is 5.82 Å². The summed E-state index contributed by atoms with van der Waals surface area (Å²) >= 11 is 0. The third-order valence-electron chi connectivity index (χ3n) is 2.99. The Kier molecular flexibility index (Phi) is 2.30. The Morgan fingerprint density at radius 2 is 2.00 bits per heavy atom. The number of nitrogens with two attached hydrogens (primary N) is 1. The zero-order valence-electron chi connectivity index (χ0n) is 10.4. The minimum absolute atomic E-state index is 0.734. The average molecular weight is 238 g/mol. The van der Waals surface area contributed by atoms with Crippen molar-refractivity contribution in [3.05, 3.63) is 41.6 Å². The van der Waals surface area contributed by atoms with Gasteiger partial charge in [-0.25, -0.2) is 9.97 Å². The maximum atomic E-state index is 5.83. The molecule has 0 aliphatic heterocycles. The third kappa shape index (κ3) is 1.72. The van der Waals surface area contributed by atoms with Gasteiger partial charge in [-0.1, -0.05) is 6.07 Å². The summed E-state index contributed by atoms with van der Waals surface area (Å²) in [5.74, 6) is 0.813. The molecular weight excluding hydrogens is 224 g/mol. The number of nitrogens with zero attached hydrogens (tertiary/aromatic N) is 2. The lowest BCUT2D eigenvalue weighted by Gasteiger charge is -2.03. The highest BCUT2D eigenvalue weighted by molar-refractivity contribution is 5.78. The number of fused-ring (bicyclic) bond motifs is 1. The fourth-order valence-corrected chi connectivity index (χ4v) is 2.03. The lowest BCUT2D eigenvalue weighted by atomic mass is 10.1. The summed E-state index contributed by atoms with van der Waals surface area (Å²) in [6.07, 6.45) is 1.82. The van der Waals surface area contributed by atoms with Crippen molar-refractivity contribution in [2.24, 2.45) is 0 Å².